The summed E-state index contributed by atoms with van der Waals surface area (Å²) >= 11 is 0. The maximum absolute atomic E-state index is 12.5. The second-order valence-corrected chi connectivity index (χ2v) is 4.93. The van der Waals surface area contributed by atoms with Gasteiger partial charge in [-0.1, -0.05) is 24.3 Å². The molecule has 0 fully saturated rings. The molecule has 1 aliphatic rings. The van der Waals surface area contributed by atoms with Gasteiger partial charge in [0, 0.05) is 23.1 Å². The monoisotopic (exact) mass is 268 g/mol. The molecule has 0 radical (unpaired) electrons. The van der Waals surface area contributed by atoms with Crippen molar-refractivity contribution in [1.82, 2.24) is 10.2 Å². The molecule has 3 rings (SSSR count). The van der Waals surface area contributed by atoms with Crippen molar-refractivity contribution < 1.29 is 9.59 Å². The van der Waals surface area contributed by atoms with Gasteiger partial charge in [0.1, 0.15) is 0 Å². The Morgan fingerprint density at radius 3 is 2.15 bits per heavy atom. The van der Waals surface area contributed by atoms with Gasteiger partial charge in [0.25, 0.3) is 11.8 Å². The van der Waals surface area contributed by atoms with Gasteiger partial charge in [-0.05, 0) is 37.5 Å². The Kier molecular flexibility index (Phi) is 3.24. The molecule has 0 saturated heterocycles. The van der Waals surface area contributed by atoms with Crippen molar-refractivity contribution in [2.75, 3.05) is 20.1 Å². The molecule has 0 unspecified atom stereocenters. The average molecular weight is 268 g/mol. The Bertz CT molecular complexity index is 643. The van der Waals surface area contributed by atoms with Crippen LogP contribution in [0.3, 0.4) is 0 Å². The lowest BCUT2D eigenvalue weighted by molar-refractivity contribution is 0.0609. The Balaban J connectivity index is 2.07. The normalized spacial score (nSPS) is 14.2. The summed E-state index contributed by atoms with van der Waals surface area (Å²) in [5.74, 6) is -0.370. The van der Waals surface area contributed by atoms with E-state index in [0.29, 0.717) is 17.7 Å². The maximum Gasteiger partial charge on any atom is 0.261 e. The molecular weight excluding hydrogens is 252 g/mol. The summed E-state index contributed by atoms with van der Waals surface area (Å²) in [4.78, 5) is 26.3. The Morgan fingerprint density at radius 1 is 1.00 bits per heavy atom. The number of amides is 2. The van der Waals surface area contributed by atoms with Crippen LogP contribution in [0, 0.1) is 0 Å². The van der Waals surface area contributed by atoms with E-state index >= 15 is 0 Å². The number of hydrogen-bond acceptors (Lipinski definition) is 3. The fourth-order valence-electron chi connectivity index (χ4n) is 2.70. The summed E-state index contributed by atoms with van der Waals surface area (Å²) in [5.41, 5.74) is 1.25. The third-order valence-electron chi connectivity index (χ3n) is 3.66. The second-order valence-electron chi connectivity index (χ2n) is 4.93. The zero-order chi connectivity index (χ0) is 14.1. The highest BCUT2D eigenvalue weighted by Crippen LogP contribution is 2.29. The molecule has 2 aromatic rings. The number of hydrogen-bond donors (Lipinski definition) is 1. The summed E-state index contributed by atoms with van der Waals surface area (Å²) < 4.78 is 0. The Labute approximate surface area is 117 Å². The van der Waals surface area contributed by atoms with E-state index < -0.39 is 0 Å². The summed E-state index contributed by atoms with van der Waals surface area (Å²) in [5, 5.41) is 4.75. The lowest BCUT2D eigenvalue weighted by Gasteiger charge is -2.27. The average Bonchev–Trinajstić information content (AvgIpc) is 2.48. The molecule has 2 amide bonds. The third kappa shape index (κ3) is 1.89. The van der Waals surface area contributed by atoms with E-state index in [1.54, 1.807) is 12.1 Å². The molecule has 0 bridgehead atoms. The van der Waals surface area contributed by atoms with E-state index in [-0.39, 0.29) is 11.8 Å². The number of imide groups is 1. The molecule has 1 N–H and O–H groups in total. The molecule has 20 heavy (non-hydrogen) atoms. The minimum atomic E-state index is -0.185. The van der Waals surface area contributed by atoms with E-state index in [1.807, 2.05) is 31.3 Å². The molecule has 4 nitrogen and oxygen atoms in total. The Hall–Kier alpha value is -2.20. The lowest BCUT2D eigenvalue weighted by Crippen LogP contribution is -2.41. The third-order valence-corrected chi connectivity index (χ3v) is 3.66. The first-order valence-electron chi connectivity index (χ1n) is 6.76. The summed E-state index contributed by atoms with van der Waals surface area (Å²) in [6.45, 7) is 1.23. The standard InChI is InChI=1S/C16H16N2O2/c1-17-9-4-10-18-15(19)12-7-2-5-11-6-3-8-13(14(11)12)16(18)20/h2-3,5-8,17H,4,9-10H2,1H3. The highest BCUT2D eigenvalue weighted by Gasteiger charge is 2.31. The van der Waals surface area contributed by atoms with E-state index in [4.69, 9.17) is 0 Å². The van der Waals surface area contributed by atoms with Crippen LogP contribution < -0.4 is 5.32 Å². The summed E-state index contributed by atoms with van der Waals surface area (Å²) in [6.07, 6.45) is 0.756. The van der Waals surface area contributed by atoms with Crippen molar-refractivity contribution in [3.8, 4) is 0 Å². The predicted octanol–water partition coefficient (Wildman–Crippen LogP) is 2.05. The Morgan fingerprint density at radius 2 is 1.60 bits per heavy atom. The van der Waals surface area contributed by atoms with Crippen molar-refractivity contribution in [3.63, 3.8) is 0 Å². The number of benzene rings is 2. The number of nitrogens with zero attached hydrogens (tertiary/aromatic N) is 1. The molecular formula is C16H16N2O2. The van der Waals surface area contributed by atoms with Crippen molar-refractivity contribution >= 4 is 22.6 Å². The first kappa shape index (κ1) is 12.8. The first-order chi connectivity index (χ1) is 9.74. The molecule has 1 aliphatic heterocycles. The highest BCUT2D eigenvalue weighted by molar-refractivity contribution is 6.25. The zero-order valence-electron chi connectivity index (χ0n) is 11.3. The smallest absolute Gasteiger partial charge is 0.261 e. The zero-order valence-corrected chi connectivity index (χ0v) is 11.3. The number of carbonyl (C=O) groups excluding carboxylic acids is 2. The van der Waals surface area contributed by atoms with Gasteiger partial charge in [-0.15, -0.1) is 0 Å². The molecule has 1 heterocycles. The van der Waals surface area contributed by atoms with Crippen LogP contribution in [0.4, 0.5) is 0 Å². The van der Waals surface area contributed by atoms with Crippen molar-refractivity contribution in [1.29, 1.82) is 0 Å². The molecule has 4 heteroatoms. The quantitative estimate of drug-likeness (QED) is 0.682. The molecule has 0 saturated carbocycles. The first-order valence-corrected chi connectivity index (χ1v) is 6.76. The van der Waals surface area contributed by atoms with Crippen LogP contribution in [0.15, 0.2) is 36.4 Å². The summed E-state index contributed by atoms with van der Waals surface area (Å²) in [6, 6.07) is 11.2. The number of carbonyl (C=O) groups is 2. The van der Waals surface area contributed by atoms with Gasteiger partial charge in [-0.25, -0.2) is 0 Å². The topological polar surface area (TPSA) is 49.4 Å². The maximum atomic E-state index is 12.5. The van der Waals surface area contributed by atoms with Crippen LogP contribution >= 0.6 is 0 Å². The van der Waals surface area contributed by atoms with Gasteiger partial charge in [0.15, 0.2) is 0 Å². The molecule has 2 aromatic carbocycles. The molecule has 0 spiro atoms. The van der Waals surface area contributed by atoms with Crippen LogP contribution in [-0.2, 0) is 0 Å². The van der Waals surface area contributed by atoms with E-state index in [9.17, 15) is 9.59 Å². The summed E-state index contributed by atoms with van der Waals surface area (Å²) in [7, 11) is 1.86. The largest absolute Gasteiger partial charge is 0.320 e. The number of rotatable bonds is 4. The van der Waals surface area contributed by atoms with Gasteiger partial charge in [-0.3, -0.25) is 14.5 Å². The molecule has 102 valence electrons. The van der Waals surface area contributed by atoms with Crippen molar-refractivity contribution in [2.24, 2.45) is 0 Å². The molecule has 0 aliphatic carbocycles. The van der Waals surface area contributed by atoms with Crippen LogP contribution in [0.1, 0.15) is 27.1 Å². The van der Waals surface area contributed by atoms with Crippen molar-refractivity contribution in [3.05, 3.63) is 47.5 Å². The number of nitrogens with one attached hydrogen (secondary N) is 1. The van der Waals surface area contributed by atoms with Crippen LogP contribution in [0.2, 0.25) is 0 Å². The fourth-order valence-corrected chi connectivity index (χ4v) is 2.70. The minimum absolute atomic E-state index is 0.185. The molecule has 0 atom stereocenters. The van der Waals surface area contributed by atoms with Gasteiger partial charge in [0.05, 0.1) is 0 Å². The van der Waals surface area contributed by atoms with Crippen LogP contribution in [0.25, 0.3) is 10.8 Å². The van der Waals surface area contributed by atoms with Gasteiger partial charge >= 0.3 is 0 Å². The van der Waals surface area contributed by atoms with Crippen LogP contribution in [-0.4, -0.2) is 36.9 Å². The van der Waals surface area contributed by atoms with E-state index in [0.717, 1.165) is 23.7 Å². The van der Waals surface area contributed by atoms with E-state index in [1.165, 1.54) is 4.90 Å². The van der Waals surface area contributed by atoms with E-state index in [2.05, 4.69) is 5.32 Å². The van der Waals surface area contributed by atoms with Crippen molar-refractivity contribution in [2.45, 2.75) is 6.42 Å². The van der Waals surface area contributed by atoms with Gasteiger partial charge < -0.3 is 5.32 Å². The molecule has 0 aromatic heterocycles. The SMILES string of the molecule is CNCCCN1C(=O)c2cccc3cccc(c23)C1=O. The fraction of sp³-hybridized carbons (Fsp3) is 0.250. The predicted molar refractivity (Wildman–Crippen MR) is 77.9 cm³/mol. The van der Waals surface area contributed by atoms with Gasteiger partial charge in [0.2, 0.25) is 0 Å². The minimum Gasteiger partial charge on any atom is -0.320 e. The highest BCUT2D eigenvalue weighted by atomic mass is 16.2. The van der Waals surface area contributed by atoms with Gasteiger partial charge in [-0.2, -0.15) is 0 Å². The lowest BCUT2D eigenvalue weighted by atomic mass is 9.94. The van der Waals surface area contributed by atoms with Crippen LogP contribution in [0.5, 0.6) is 0 Å². The second kappa shape index (κ2) is 5.06.